The Morgan fingerprint density at radius 3 is 2.76 bits per heavy atom. The van der Waals surface area contributed by atoms with Crippen LogP contribution in [0.25, 0.3) is 0 Å². The topological polar surface area (TPSA) is 71.8 Å². The van der Waals surface area contributed by atoms with Crippen LogP contribution in [0.2, 0.25) is 0 Å². The molecule has 6 heteroatoms. The molecule has 0 atom stereocenters. The molecule has 0 saturated carbocycles. The van der Waals surface area contributed by atoms with E-state index in [1.807, 2.05) is 31.2 Å². The number of hydrogen-bond donors (Lipinski definition) is 2. The molecule has 0 aliphatic carbocycles. The standard InChI is InChI=1S/C15H21N5O/c1-3-8-16-9-14-10-20(19-18-14)11-15(21)17-13-6-4-12(2)5-7-13/h4-7,10,16H,3,8-9,11H2,1-2H3,(H,17,21). The predicted molar refractivity (Wildman–Crippen MR) is 81.8 cm³/mol. The predicted octanol–water partition coefficient (Wildman–Crippen LogP) is 1.72. The molecule has 112 valence electrons. The summed E-state index contributed by atoms with van der Waals surface area (Å²) in [6.45, 7) is 5.90. The fourth-order valence-electron chi connectivity index (χ4n) is 1.87. The first-order valence-corrected chi connectivity index (χ1v) is 7.13. The first kappa shape index (κ1) is 15.2. The Bertz CT molecular complexity index is 576. The molecule has 6 nitrogen and oxygen atoms in total. The molecule has 21 heavy (non-hydrogen) atoms. The van der Waals surface area contributed by atoms with Gasteiger partial charge in [0.25, 0.3) is 0 Å². The molecule has 1 amide bonds. The van der Waals surface area contributed by atoms with Crippen LogP contribution in [0.5, 0.6) is 0 Å². The highest BCUT2D eigenvalue weighted by atomic mass is 16.2. The zero-order valence-corrected chi connectivity index (χ0v) is 12.5. The average Bonchev–Trinajstić information content (AvgIpc) is 2.89. The minimum Gasteiger partial charge on any atom is -0.324 e. The lowest BCUT2D eigenvalue weighted by atomic mass is 10.2. The minimum atomic E-state index is -0.114. The summed E-state index contributed by atoms with van der Waals surface area (Å²) < 4.78 is 1.55. The summed E-state index contributed by atoms with van der Waals surface area (Å²) in [7, 11) is 0. The van der Waals surface area contributed by atoms with Gasteiger partial charge >= 0.3 is 0 Å². The van der Waals surface area contributed by atoms with Crippen molar-refractivity contribution in [2.24, 2.45) is 0 Å². The molecular weight excluding hydrogens is 266 g/mol. The number of rotatable bonds is 7. The van der Waals surface area contributed by atoms with Gasteiger partial charge in [0.05, 0.1) is 11.9 Å². The van der Waals surface area contributed by atoms with Crippen LogP contribution in [0.15, 0.2) is 30.5 Å². The van der Waals surface area contributed by atoms with E-state index in [-0.39, 0.29) is 12.5 Å². The Morgan fingerprint density at radius 1 is 1.29 bits per heavy atom. The van der Waals surface area contributed by atoms with Crippen molar-refractivity contribution in [2.45, 2.75) is 33.4 Å². The van der Waals surface area contributed by atoms with Crippen molar-refractivity contribution in [1.82, 2.24) is 20.3 Å². The zero-order valence-electron chi connectivity index (χ0n) is 12.5. The van der Waals surface area contributed by atoms with E-state index < -0.39 is 0 Å². The molecule has 0 unspecified atom stereocenters. The fourth-order valence-corrected chi connectivity index (χ4v) is 1.87. The van der Waals surface area contributed by atoms with Gasteiger partial charge in [-0.2, -0.15) is 0 Å². The third-order valence-corrected chi connectivity index (χ3v) is 2.96. The van der Waals surface area contributed by atoms with E-state index in [2.05, 4.69) is 27.9 Å². The summed E-state index contributed by atoms with van der Waals surface area (Å²) in [5, 5.41) is 14.1. The molecule has 0 aliphatic heterocycles. The molecule has 1 aromatic carbocycles. The van der Waals surface area contributed by atoms with Crippen molar-refractivity contribution >= 4 is 11.6 Å². The van der Waals surface area contributed by atoms with Crippen molar-refractivity contribution in [1.29, 1.82) is 0 Å². The molecule has 0 fully saturated rings. The van der Waals surface area contributed by atoms with Gasteiger partial charge < -0.3 is 10.6 Å². The highest BCUT2D eigenvalue weighted by molar-refractivity contribution is 5.90. The number of carbonyl (C=O) groups excluding carboxylic acids is 1. The van der Waals surface area contributed by atoms with Gasteiger partial charge in [0.15, 0.2) is 0 Å². The minimum absolute atomic E-state index is 0.114. The second-order valence-electron chi connectivity index (χ2n) is 5.00. The van der Waals surface area contributed by atoms with Gasteiger partial charge in [-0.05, 0) is 32.0 Å². The lowest BCUT2D eigenvalue weighted by Gasteiger charge is -2.05. The van der Waals surface area contributed by atoms with E-state index in [0.29, 0.717) is 6.54 Å². The van der Waals surface area contributed by atoms with Crippen LogP contribution < -0.4 is 10.6 Å². The zero-order chi connectivity index (χ0) is 15.1. The van der Waals surface area contributed by atoms with Gasteiger partial charge in [0, 0.05) is 12.2 Å². The number of aromatic nitrogens is 3. The van der Waals surface area contributed by atoms with Crippen LogP contribution in [-0.4, -0.2) is 27.4 Å². The van der Waals surface area contributed by atoms with Crippen LogP contribution in [0.1, 0.15) is 24.6 Å². The molecule has 2 N–H and O–H groups in total. The Labute approximate surface area is 124 Å². The van der Waals surface area contributed by atoms with E-state index in [4.69, 9.17) is 0 Å². The van der Waals surface area contributed by atoms with E-state index in [1.54, 1.807) is 10.9 Å². The van der Waals surface area contributed by atoms with Crippen LogP contribution in [-0.2, 0) is 17.9 Å². The van der Waals surface area contributed by atoms with Crippen LogP contribution >= 0.6 is 0 Å². The maximum Gasteiger partial charge on any atom is 0.246 e. The summed E-state index contributed by atoms with van der Waals surface area (Å²) in [5.41, 5.74) is 2.79. The van der Waals surface area contributed by atoms with Crippen LogP contribution in [0.4, 0.5) is 5.69 Å². The maximum atomic E-state index is 11.9. The van der Waals surface area contributed by atoms with E-state index in [9.17, 15) is 4.79 Å². The largest absolute Gasteiger partial charge is 0.324 e. The summed E-state index contributed by atoms with van der Waals surface area (Å²) in [5.74, 6) is -0.114. The number of amides is 1. The Balaban J connectivity index is 1.83. The molecule has 2 rings (SSSR count). The third-order valence-electron chi connectivity index (χ3n) is 2.96. The number of hydrogen-bond acceptors (Lipinski definition) is 4. The van der Waals surface area contributed by atoms with Gasteiger partial charge in [-0.1, -0.05) is 29.8 Å². The summed E-state index contributed by atoms with van der Waals surface area (Å²) in [4.78, 5) is 11.9. The van der Waals surface area contributed by atoms with Crippen molar-refractivity contribution < 1.29 is 4.79 Å². The van der Waals surface area contributed by atoms with Crippen molar-refractivity contribution in [3.05, 3.63) is 41.7 Å². The Hall–Kier alpha value is -2.21. The highest BCUT2D eigenvalue weighted by Crippen LogP contribution is 2.08. The van der Waals surface area contributed by atoms with Gasteiger partial charge in [0.2, 0.25) is 5.91 Å². The maximum absolute atomic E-state index is 11.9. The summed E-state index contributed by atoms with van der Waals surface area (Å²) >= 11 is 0. The van der Waals surface area contributed by atoms with E-state index in [0.717, 1.165) is 29.9 Å². The highest BCUT2D eigenvalue weighted by Gasteiger charge is 2.06. The Kier molecular flexibility index (Phi) is 5.45. The quantitative estimate of drug-likeness (QED) is 0.761. The molecule has 1 heterocycles. The molecule has 2 aromatic rings. The molecular formula is C15H21N5O. The molecule has 0 radical (unpaired) electrons. The first-order valence-electron chi connectivity index (χ1n) is 7.13. The average molecular weight is 287 g/mol. The van der Waals surface area contributed by atoms with E-state index in [1.165, 1.54) is 0 Å². The number of nitrogens with zero attached hydrogens (tertiary/aromatic N) is 3. The summed E-state index contributed by atoms with van der Waals surface area (Å²) in [6, 6.07) is 7.69. The molecule has 1 aromatic heterocycles. The Morgan fingerprint density at radius 2 is 2.05 bits per heavy atom. The molecule has 0 saturated heterocycles. The second kappa shape index (κ2) is 7.54. The smallest absolute Gasteiger partial charge is 0.246 e. The summed E-state index contributed by atoms with van der Waals surface area (Å²) in [6.07, 6.45) is 2.87. The SMILES string of the molecule is CCCNCc1cn(CC(=O)Nc2ccc(C)cc2)nn1. The fraction of sp³-hybridized carbons (Fsp3) is 0.400. The van der Waals surface area contributed by atoms with Gasteiger partial charge in [-0.3, -0.25) is 4.79 Å². The monoisotopic (exact) mass is 287 g/mol. The van der Waals surface area contributed by atoms with Crippen molar-refractivity contribution in [3.8, 4) is 0 Å². The number of carbonyl (C=O) groups is 1. The second-order valence-corrected chi connectivity index (χ2v) is 5.00. The molecule has 0 aliphatic rings. The van der Waals surface area contributed by atoms with Gasteiger partial charge in [-0.15, -0.1) is 5.10 Å². The third kappa shape index (κ3) is 5.00. The van der Waals surface area contributed by atoms with Crippen molar-refractivity contribution in [2.75, 3.05) is 11.9 Å². The van der Waals surface area contributed by atoms with Crippen LogP contribution in [0.3, 0.4) is 0 Å². The van der Waals surface area contributed by atoms with Gasteiger partial charge in [-0.25, -0.2) is 4.68 Å². The number of nitrogens with one attached hydrogen (secondary N) is 2. The molecule has 0 bridgehead atoms. The lowest BCUT2D eigenvalue weighted by molar-refractivity contribution is -0.116. The number of aryl methyl sites for hydroxylation is 1. The lowest BCUT2D eigenvalue weighted by Crippen LogP contribution is -2.19. The van der Waals surface area contributed by atoms with Crippen LogP contribution in [0, 0.1) is 6.92 Å². The molecule has 0 spiro atoms. The van der Waals surface area contributed by atoms with Crippen molar-refractivity contribution in [3.63, 3.8) is 0 Å². The number of benzene rings is 1. The van der Waals surface area contributed by atoms with E-state index >= 15 is 0 Å². The first-order chi connectivity index (χ1) is 10.2. The number of anilines is 1. The van der Waals surface area contributed by atoms with Gasteiger partial charge in [0.1, 0.15) is 6.54 Å². The normalized spacial score (nSPS) is 10.6.